The Morgan fingerprint density at radius 3 is 2.56 bits per heavy atom. The van der Waals surface area contributed by atoms with Gasteiger partial charge in [-0.05, 0) is 32.0 Å². The van der Waals surface area contributed by atoms with Crippen LogP contribution < -0.4 is 10.1 Å². The van der Waals surface area contributed by atoms with E-state index >= 15 is 0 Å². The molecule has 0 fully saturated rings. The Morgan fingerprint density at radius 1 is 1.21 bits per heavy atom. The summed E-state index contributed by atoms with van der Waals surface area (Å²) in [7, 11) is 3.29. The first-order valence-corrected chi connectivity index (χ1v) is 11.2. The molecule has 3 amide bonds. The summed E-state index contributed by atoms with van der Waals surface area (Å²) in [6.45, 7) is 8.15. The topological polar surface area (TPSA) is 114 Å². The van der Waals surface area contributed by atoms with Crippen LogP contribution in [0.25, 0.3) is 0 Å². The highest BCUT2D eigenvalue weighted by Crippen LogP contribution is 2.27. The van der Waals surface area contributed by atoms with Crippen molar-refractivity contribution in [3.05, 3.63) is 41.3 Å². The number of anilines is 1. The number of aryl methyl sites for hydroxylation is 1. The van der Waals surface area contributed by atoms with E-state index < -0.39 is 5.91 Å². The number of rotatable bonds is 3. The van der Waals surface area contributed by atoms with Gasteiger partial charge in [-0.25, -0.2) is 0 Å². The number of benzene rings is 1. The Kier molecular flexibility index (Phi) is 7.93. The first-order chi connectivity index (χ1) is 16.1. The first-order valence-electron chi connectivity index (χ1n) is 11.2. The molecule has 0 unspecified atom stereocenters. The molecule has 10 heteroatoms. The lowest BCUT2D eigenvalue weighted by molar-refractivity contribution is -0.133. The van der Waals surface area contributed by atoms with Crippen LogP contribution in [0.4, 0.5) is 5.69 Å². The van der Waals surface area contributed by atoms with Crippen LogP contribution in [0.5, 0.6) is 5.75 Å². The van der Waals surface area contributed by atoms with Gasteiger partial charge in [0, 0.05) is 51.8 Å². The largest absolute Gasteiger partial charge is 0.491 e. The van der Waals surface area contributed by atoms with Crippen molar-refractivity contribution in [2.24, 2.45) is 5.92 Å². The molecule has 0 saturated heterocycles. The number of aromatic nitrogens is 1. The van der Waals surface area contributed by atoms with Crippen molar-refractivity contribution < 1.29 is 28.4 Å². The zero-order valence-electron chi connectivity index (χ0n) is 20.5. The van der Waals surface area contributed by atoms with Crippen LogP contribution in [0.2, 0.25) is 0 Å². The molecular weight excluding hydrogens is 440 g/mol. The van der Waals surface area contributed by atoms with E-state index in [1.54, 1.807) is 49.1 Å². The van der Waals surface area contributed by atoms with Crippen LogP contribution in [0.15, 0.2) is 28.8 Å². The summed E-state index contributed by atoms with van der Waals surface area (Å²) in [5, 5.41) is 6.45. The number of carbonyl (C=O) groups is 3. The minimum absolute atomic E-state index is 0.0120. The number of nitrogens with zero attached hydrogens (tertiary/aromatic N) is 3. The Bertz CT molecular complexity index is 1050. The minimum Gasteiger partial charge on any atom is -0.491 e. The van der Waals surface area contributed by atoms with Gasteiger partial charge in [-0.2, -0.15) is 0 Å². The third-order valence-electron chi connectivity index (χ3n) is 5.97. The van der Waals surface area contributed by atoms with Gasteiger partial charge in [-0.3, -0.25) is 14.4 Å². The number of likely N-dealkylation sites (N-methyl/N-ethyl adjacent to an activating group) is 1. The fraction of sp³-hybridized carbons (Fsp3) is 0.500. The van der Waals surface area contributed by atoms with Crippen molar-refractivity contribution in [2.75, 3.05) is 39.2 Å². The number of methoxy groups -OCH3 is 1. The Labute approximate surface area is 199 Å². The normalized spacial score (nSPS) is 21.7. The maximum absolute atomic E-state index is 13.4. The van der Waals surface area contributed by atoms with Crippen molar-refractivity contribution >= 4 is 23.4 Å². The molecule has 3 atom stereocenters. The molecule has 0 saturated carbocycles. The molecule has 2 aromatic rings. The third kappa shape index (κ3) is 5.74. The molecule has 1 aromatic heterocycles. The van der Waals surface area contributed by atoms with Gasteiger partial charge in [0.05, 0.1) is 17.7 Å². The molecule has 3 rings (SSSR count). The lowest BCUT2D eigenvalue weighted by atomic mass is 10.0. The van der Waals surface area contributed by atoms with Crippen molar-refractivity contribution in [1.82, 2.24) is 15.0 Å². The number of ether oxygens (including phenoxy) is 2. The summed E-state index contributed by atoms with van der Waals surface area (Å²) < 4.78 is 16.6. The van der Waals surface area contributed by atoms with E-state index in [4.69, 9.17) is 14.0 Å². The molecule has 10 nitrogen and oxygen atoms in total. The molecule has 1 aromatic carbocycles. The number of hydrogen-bond donors (Lipinski definition) is 1. The second kappa shape index (κ2) is 10.7. The predicted octanol–water partition coefficient (Wildman–Crippen LogP) is 2.59. The van der Waals surface area contributed by atoms with Crippen LogP contribution in [0.3, 0.4) is 0 Å². The standard InChI is InChI=1S/C24H32N4O6/c1-14-11-28(17(4)29)15(2)13-33-21-8-7-18(25-23(30)20-9-16(3)34-26-20)10-19(21)24(31)27(5)12-22(14)32-6/h7-10,14-15,22H,11-13H2,1-6H3,(H,25,30)/t14-,15-,22+/m1/s1. The second-order valence-corrected chi connectivity index (χ2v) is 8.76. The van der Waals surface area contributed by atoms with E-state index in [-0.39, 0.29) is 42.2 Å². The number of nitrogens with one attached hydrogen (secondary N) is 1. The van der Waals surface area contributed by atoms with Crippen molar-refractivity contribution in [3.8, 4) is 5.75 Å². The van der Waals surface area contributed by atoms with Gasteiger partial charge in [0.25, 0.3) is 11.8 Å². The van der Waals surface area contributed by atoms with Gasteiger partial charge >= 0.3 is 0 Å². The van der Waals surface area contributed by atoms with Crippen molar-refractivity contribution in [1.29, 1.82) is 0 Å². The van der Waals surface area contributed by atoms with Crippen LogP contribution in [-0.2, 0) is 9.53 Å². The zero-order valence-corrected chi connectivity index (χ0v) is 20.5. The van der Waals surface area contributed by atoms with E-state index in [0.29, 0.717) is 35.9 Å². The summed E-state index contributed by atoms with van der Waals surface area (Å²) >= 11 is 0. The lowest BCUT2D eigenvalue weighted by Gasteiger charge is -2.35. The number of amides is 3. The molecular formula is C24H32N4O6. The molecule has 0 radical (unpaired) electrons. The monoisotopic (exact) mass is 472 g/mol. The molecule has 1 aliphatic heterocycles. The highest BCUT2D eigenvalue weighted by molar-refractivity contribution is 6.04. The maximum Gasteiger partial charge on any atom is 0.277 e. The summed E-state index contributed by atoms with van der Waals surface area (Å²) in [4.78, 5) is 41.5. The summed E-state index contributed by atoms with van der Waals surface area (Å²) in [5.41, 5.74) is 0.846. The number of hydrogen-bond acceptors (Lipinski definition) is 7. The maximum atomic E-state index is 13.4. The summed E-state index contributed by atoms with van der Waals surface area (Å²) in [6.07, 6.45) is -0.273. The van der Waals surface area contributed by atoms with E-state index in [0.717, 1.165) is 0 Å². The average Bonchev–Trinajstić information content (AvgIpc) is 3.24. The molecule has 0 aliphatic carbocycles. The minimum atomic E-state index is -0.453. The summed E-state index contributed by atoms with van der Waals surface area (Å²) in [5.74, 6) is 0.0937. The van der Waals surface area contributed by atoms with Gasteiger partial charge in [0.2, 0.25) is 5.91 Å². The van der Waals surface area contributed by atoms with Gasteiger partial charge in [-0.1, -0.05) is 12.1 Å². The van der Waals surface area contributed by atoms with Crippen LogP contribution in [-0.4, -0.2) is 78.7 Å². The highest BCUT2D eigenvalue weighted by atomic mass is 16.5. The van der Waals surface area contributed by atoms with E-state index in [1.165, 1.54) is 13.0 Å². The second-order valence-electron chi connectivity index (χ2n) is 8.76. The van der Waals surface area contributed by atoms with Crippen LogP contribution in [0, 0.1) is 12.8 Å². The molecule has 34 heavy (non-hydrogen) atoms. The van der Waals surface area contributed by atoms with Crippen LogP contribution in [0.1, 0.15) is 47.4 Å². The van der Waals surface area contributed by atoms with E-state index in [9.17, 15) is 14.4 Å². The van der Waals surface area contributed by atoms with Crippen molar-refractivity contribution in [3.63, 3.8) is 0 Å². The Morgan fingerprint density at radius 2 is 1.94 bits per heavy atom. The predicted molar refractivity (Wildman–Crippen MR) is 125 cm³/mol. The number of fused-ring (bicyclic) bond motifs is 1. The van der Waals surface area contributed by atoms with Gasteiger partial charge in [-0.15, -0.1) is 0 Å². The number of carbonyl (C=O) groups excluding carboxylic acids is 3. The Balaban J connectivity index is 1.94. The van der Waals surface area contributed by atoms with Crippen LogP contribution >= 0.6 is 0 Å². The summed E-state index contributed by atoms with van der Waals surface area (Å²) in [6, 6.07) is 6.17. The first kappa shape index (κ1) is 25.2. The fourth-order valence-electron chi connectivity index (χ4n) is 3.96. The lowest BCUT2D eigenvalue weighted by Crippen LogP contribution is -2.48. The average molecular weight is 473 g/mol. The molecule has 1 aliphatic rings. The highest BCUT2D eigenvalue weighted by Gasteiger charge is 2.29. The van der Waals surface area contributed by atoms with E-state index in [2.05, 4.69) is 10.5 Å². The van der Waals surface area contributed by atoms with Crippen molar-refractivity contribution in [2.45, 2.75) is 39.8 Å². The smallest absolute Gasteiger partial charge is 0.277 e. The quantitative estimate of drug-likeness (QED) is 0.730. The molecule has 184 valence electrons. The third-order valence-corrected chi connectivity index (χ3v) is 5.97. The van der Waals surface area contributed by atoms with Gasteiger partial charge < -0.3 is 29.1 Å². The Hall–Kier alpha value is -3.40. The fourth-order valence-corrected chi connectivity index (χ4v) is 3.96. The SMILES string of the molecule is CO[C@H]1CN(C)C(=O)c2cc(NC(=O)c3cc(C)on3)ccc2OC[C@@H](C)N(C(C)=O)C[C@H]1C. The molecule has 1 N–H and O–H groups in total. The molecule has 2 heterocycles. The van der Waals surface area contributed by atoms with Gasteiger partial charge in [0.15, 0.2) is 5.69 Å². The zero-order chi connectivity index (χ0) is 25.0. The van der Waals surface area contributed by atoms with Gasteiger partial charge in [0.1, 0.15) is 18.1 Å². The van der Waals surface area contributed by atoms with E-state index in [1.807, 2.05) is 13.8 Å². The molecule has 0 spiro atoms. The molecule has 0 bridgehead atoms.